The lowest BCUT2D eigenvalue weighted by molar-refractivity contribution is 0.568. The Kier molecular flexibility index (Phi) is 8.20. The largest absolute Gasteiger partial charge is 0.355 e. The van der Waals surface area contributed by atoms with E-state index in [1.807, 2.05) is 33.2 Å². The van der Waals surface area contributed by atoms with Gasteiger partial charge in [0.15, 0.2) is 0 Å². The van der Waals surface area contributed by atoms with Gasteiger partial charge in [-0.15, -0.1) is 12.4 Å². The Bertz CT molecular complexity index is 127. The molecule has 60 valence electrons. The zero-order valence-electron chi connectivity index (χ0n) is 7.09. The lowest BCUT2D eigenvalue weighted by atomic mass is 10.4. The van der Waals surface area contributed by atoms with Gasteiger partial charge in [0.2, 0.25) is 0 Å². The van der Waals surface area contributed by atoms with Crippen LogP contribution in [0.25, 0.3) is 0 Å². The predicted octanol–water partition coefficient (Wildman–Crippen LogP) is 2.80. The van der Waals surface area contributed by atoms with E-state index in [-0.39, 0.29) is 12.4 Å². The first-order valence-corrected chi connectivity index (χ1v) is 3.21. The summed E-state index contributed by atoms with van der Waals surface area (Å²) in [6.07, 6.45) is 6.14. The van der Waals surface area contributed by atoms with Gasteiger partial charge in [0.05, 0.1) is 0 Å². The first kappa shape index (κ1) is 12.3. The minimum absolute atomic E-state index is 0. The van der Waals surface area contributed by atoms with Crippen molar-refractivity contribution in [3.63, 3.8) is 0 Å². The molecule has 0 aromatic heterocycles. The van der Waals surface area contributed by atoms with Crippen LogP contribution in [0.4, 0.5) is 0 Å². The van der Waals surface area contributed by atoms with Crippen LogP contribution < -0.4 is 0 Å². The summed E-state index contributed by atoms with van der Waals surface area (Å²) in [5, 5.41) is 0. The Balaban J connectivity index is 0. The summed E-state index contributed by atoms with van der Waals surface area (Å²) in [6, 6.07) is 0. The topological polar surface area (TPSA) is 3.24 Å². The van der Waals surface area contributed by atoms with Crippen LogP contribution in [0.1, 0.15) is 20.8 Å². The quantitative estimate of drug-likeness (QED) is 0.602. The third-order valence-corrected chi connectivity index (χ3v) is 1.35. The fourth-order valence-corrected chi connectivity index (χ4v) is 0.545. The van der Waals surface area contributed by atoms with Crippen molar-refractivity contribution in [3.8, 4) is 0 Å². The van der Waals surface area contributed by atoms with E-state index < -0.39 is 0 Å². The number of hydrogen-bond acceptors (Lipinski definition) is 1. The Morgan fingerprint density at radius 2 is 1.80 bits per heavy atom. The summed E-state index contributed by atoms with van der Waals surface area (Å²) in [7, 11) is 2.04. The summed E-state index contributed by atoms with van der Waals surface area (Å²) in [4.78, 5) is 2.08. The van der Waals surface area contributed by atoms with Crippen LogP contribution in [0.2, 0.25) is 0 Å². The maximum Gasteiger partial charge on any atom is 0.0108 e. The normalized spacial score (nSPS) is 11.4. The highest BCUT2D eigenvalue weighted by molar-refractivity contribution is 5.85. The Morgan fingerprint density at radius 3 is 2.10 bits per heavy atom. The van der Waals surface area contributed by atoms with Crippen LogP contribution in [-0.2, 0) is 0 Å². The summed E-state index contributed by atoms with van der Waals surface area (Å²) < 4.78 is 0. The van der Waals surface area contributed by atoms with Crippen LogP contribution in [0.15, 0.2) is 24.0 Å². The highest BCUT2D eigenvalue weighted by Crippen LogP contribution is 1.98. The van der Waals surface area contributed by atoms with Crippen molar-refractivity contribution in [2.45, 2.75) is 20.8 Å². The van der Waals surface area contributed by atoms with Gasteiger partial charge in [0.25, 0.3) is 0 Å². The molecule has 0 radical (unpaired) electrons. The molecule has 0 fully saturated rings. The minimum Gasteiger partial charge on any atom is -0.355 e. The molecule has 0 saturated heterocycles. The van der Waals surface area contributed by atoms with E-state index >= 15 is 0 Å². The first-order chi connectivity index (χ1) is 4.22. The molecule has 2 heteroatoms. The van der Waals surface area contributed by atoms with Crippen molar-refractivity contribution in [3.05, 3.63) is 24.0 Å². The van der Waals surface area contributed by atoms with E-state index in [1.165, 1.54) is 5.70 Å². The van der Waals surface area contributed by atoms with E-state index in [9.17, 15) is 0 Å². The number of allylic oxidation sites excluding steroid dienone is 3. The summed E-state index contributed by atoms with van der Waals surface area (Å²) in [5.74, 6) is 0. The van der Waals surface area contributed by atoms with E-state index in [0.29, 0.717) is 0 Å². The maximum atomic E-state index is 2.08. The highest BCUT2D eigenvalue weighted by atomic mass is 35.5. The van der Waals surface area contributed by atoms with Crippen molar-refractivity contribution in [1.82, 2.24) is 4.90 Å². The molecular weight excluding hydrogens is 146 g/mol. The Labute approximate surface area is 69.8 Å². The average molecular weight is 162 g/mol. The lowest BCUT2D eigenvalue weighted by Crippen LogP contribution is -2.06. The van der Waals surface area contributed by atoms with Crippen molar-refractivity contribution < 1.29 is 0 Å². The van der Waals surface area contributed by atoms with Crippen LogP contribution >= 0.6 is 12.4 Å². The van der Waals surface area contributed by atoms with E-state index in [2.05, 4.69) is 17.9 Å². The predicted molar refractivity (Wildman–Crippen MR) is 49.3 cm³/mol. The third-order valence-electron chi connectivity index (χ3n) is 1.35. The van der Waals surface area contributed by atoms with Gasteiger partial charge in [-0.3, -0.25) is 0 Å². The van der Waals surface area contributed by atoms with Gasteiger partial charge in [-0.25, -0.2) is 0 Å². The number of nitrogens with zero attached hydrogens (tertiary/aromatic N) is 1. The molecule has 0 rings (SSSR count). The van der Waals surface area contributed by atoms with Crippen LogP contribution in [0, 0.1) is 0 Å². The molecule has 0 aliphatic rings. The van der Waals surface area contributed by atoms with Gasteiger partial charge in [0, 0.05) is 12.7 Å². The molecule has 0 aliphatic carbocycles. The molecule has 1 nitrogen and oxygen atoms in total. The molecule has 0 N–H and O–H groups in total. The molecule has 0 bridgehead atoms. The first-order valence-electron chi connectivity index (χ1n) is 3.21. The van der Waals surface area contributed by atoms with Crippen LogP contribution in [0.3, 0.4) is 0 Å². The van der Waals surface area contributed by atoms with Gasteiger partial charge >= 0.3 is 0 Å². The highest BCUT2D eigenvalue weighted by Gasteiger charge is 1.87. The summed E-state index contributed by atoms with van der Waals surface area (Å²) in [6.45, 7) is 6.13. The minimum atomic E-state index is 0. The molecule has 0 atom stereocenters. The summed E-state index contributed by atoms with van der Waals surface area (Å²) in [5.41, 5.74) is 1.27. The Hall–Kier alpha value is -0.430. The van der Waals surface area contributed by atoms with Gasteiger partial charge < -0.3 is 4.90 Å². The molecule has 0 aromatic rings. The van der Waals surface area contributed by atoms with Crippen LogP contribution in [-0.4, -0.2) is 11.9 Å². The Morgan fingerprint density at radius 1 is 1.30 bits per heavy atom. The second-order valence-corrected chi connectivity index (χ2v) is 2.02. The molecule has 0 unspecified atom stereocenters. The van der Waals surface area contributed by atoms with Gasteiger partial charge in [-0.05, 0) is 27.0 Å². The standard InChI is InChI=1S/C8H15N.ClH/c1-5-7-9(4)8(3)6-2;/h5-7H,1-4H3;1H. The molecule has 0 aliphatic heterocycles. The van der Waals surface area contributed by atoms with Gasteiger partial charge in [0.1, 0.15) is 0 Å². The molecular formula is C8H16ClN. The molecule has 0 saturated carbocycles. The van der Waals surface area contributed by atoms with Crippen molar-refractivity contribution >= 4 is 12.4 Å². The molecule has 0 heterocycles. The maximum absolute atomic E-state index is 2.08. The van der Waals surface area contributed by atoms with Crippen LogP contribution in [0.5, 0.6) is 0 Å². The second-order valence-electron chi connectivity index (χ2n) is 2.02. The average Bonchev–Trinajstić information content (AvgIpc) is 1.87. The van der Waals surface area contributed by atoms with E-state index in [0.717, 1.165) is 0 Å². The van der Waals surface area contributed by atoms with Crippen molar-refractivity contribution in [1.29, 1.82) is 0 Å². The smallest absolute Gasteiger partial charge is 0.0108 e. The number of rotatable bonds is 2. The molecule has 10 heavy (non-hydrogen) atoms. The fraction of sp³-hybridized carbons (Fsp3) is 0.500. The molecule has 0 amide bonds. The molecule has 0 aromatic carbocycles. The summed E-state index contributed by atoms with van der Waals surface area (Å²) >= 11 is 0. The number of hydrogen-bond donors (Lipinski definition) is 0. The van der Waals surface area contributed by atoms with E-state index in [1.54, 1.807) is 0 Å². The van der Waals surface area contributed by atoms with Gasteiger partial charge in [-0.1, -0.05) is 12.2 Å². The number of halogens is 1. The SMILES string of the molecule is CC=CN(C)C(C)=CC.Cl. The van der Waals surface area contributed by atoms with Gasteiger partial charge in [-0.2, -0.15) is 0 Å². The van der Waals surface area contributed by atoms with Crippen molar-refractivity contribution in [2.75, 3.05) is 7.05 Å². The zero-order valence-corrected chi connectivity index (χ0v) is 7.90. The molecule has 0 spiro atoms. The van der Waals surface area contributed by atoms with Crippen molar-refractivity contribution in [2.24, 2.45) is 0 Å². The monoisotopic (exact) mass is 161 g/mol. The third kappa shape index (κ3) is 4.45. The lowest BCUT2D eigenvalue weighted by Gasteiger charge is -2.12. The zero-order chi connectivity index (χ0) is 7.28. The van der Waals surface area contributed by atoms with E-state index in [4.69, 9.17) is 0 Å². The fourth-order valence-electron chi connectivity index (χ4n) is 0.545. The second kappa shape index (κ2) is 6.69.